The van der Waals surface area contributed by atoms with Crippen molar-refractivity contribution in [2.45, 2.75) is 44.6 Å². The summed E-state index contributed by atoms with van der Waals surface area (Å²) in [7, 11) is 0. The van der Waals surface area contributed by atoms with Crippen molar-refractivity contribution in [1.82, 2.24) is 14.7 Å². The third kappa shape index (κ3) is 2.03. The molecule has 2 N–H and O–H groups in total. The maximum Gasteiger partial charge on any atom is 0.138 e. The number of rotatable bonds is 2. The first-order valence-electron chi connectivity index (χ1n) is 6.86. The highest BCUT2D eigenvalue weighted by atomic mass is 19.1. The molecule has 2 saturated heterocycles. The summed E-state index contributed by atoms with van der Waals surface area (Å²) in [4.78, 5) is 2.23. The van der Waals surface area contributed by atoms with Gasteiger partial charge in [-0.05, 0) is 20.3 Å². The number of aromatic nitrogens is 2. The zero-order valence-corrected chi connectivity index (χ0v) is 11.4. The van der Waals surface area contributed by atoms with E-state index in [2.05, 4.69) is 10.00 Å². The molecule has 0 spiro atoms. The van der Waals surface area contributed by atoms with Gasteiger partial charge in [-0.3, -0.25) is 9.58 Å². The molecule has 5 nitrogen and oxygen atoms in total. The molecule has 0 aromatic carbocycles. The molecule has 2 aliphatic heterocycles. The number of nitrogens with two attached hydrogens (primary N) is 1. The lowest BCUT2D eigenvalue weighted by Crippen LogP contribution is -2.59. The van der Waals surface area contributed by atoms with Gasteiger partial charge in [0.15, 0.2) is 0 Å². The lowest BCUT2D eigenvalue weighted by molar-refractivity contribution is -0.105. The molecule has 2 fully saturated rings. The second kappa shape index (κ2) is 4.76. The monoisotopic (exact) mass is 268 g/mol. The Morgan fingerprint density at radius 2 is 2.21 bits per heavy atom. The van der Waals surface area contributed by atoms with Crippen LogP contribution in [0.2, 0.25) is 0 Å². The Morgan fingerprint density at radius 1 is 1.47 bits per heavy atom. The fourth-order valence-corrected chi connectivity index (χ4v) is 3.11. The SMILES string of the molecule is Cc1c(N)cnn1[C@@H]1CCN(C2COC2)C(C)[C@H]1F. The van der Waals surface area contributed by atoms with Crippen LogP contribution in [0, 0.1) is 6.92 Å². The Balaban J connectivity index is 1.77. The van der Waals surface area contributed by atoms with Crippen molar-refractivity contribution in [1.29, 1.82) is 0 Å². The second-order valence-electron chi connectivity index (χ2n) is 5.60. The molecule has 2 aliphatic rings. The normalized spacial score (nSPS) is 33.3. The molecule has 1 aromatic rings. The summed E-state index contributed by atoms with van der Waals surface area (Å²) in [6.45, 7) is 6.20. The minimum atomic E-state index is -0.924. The number of nitrogen functional groups attached to an aromatic ring is 1. The average molecular weight is 268 g/mol. The van der Waals surface area contributed by atoms with Crippen molar-refractivity contribution in [2.24, 2.45) is 0 Å². The zero-order valence-electron chi connectivity index (χ0n) is 11.4. The predicted molar refractivity (Wildman–Crippen MR) is 70.7 cm³/mol. The molecule has 0 saturated carbocycles. The first-order valence-corrected chi connectivity index (χ1v) is 6.86. The van der Waals surface area contributed by atoms with Crippen molar-refractivity contribution in [3.05, 3.63) is 11.9 Å². The maximum atomic E-state index is 14.7. The van der Waals surface area contributed by atoms with E-state index < -0.39 is 6.17 Å². The maximum absolute atomic E-state index is 14.7. The highest BCUT2D eigenvalue weighted by Gasteiger charge is 2.42. The zero-order chi connectivity index (χ0) is 13.6. The Hall–Kier alpha value is -1.14. The summed E-state index contributed by atoms with van der Waals surface area (Å²) in [6.07, 6.45) is 1.45. The van der Waals surface area contributed by atoms with Gasteiger partial charge < -0.3 is 10.5 Å². The Labute approximate surface area is 112 Å². The summed E-state index contributed by atoms with van der Waals surface area (Å²) in [5.41, 5.74) is 7.30. The van der Waals surface area contributed by atoms with Gasteiger partial charge in [-0.25, -0.2) is 4.39 Å². The van der Waals surface area contributed by atoms with Crippen molar-refractivity contribution >= 4 is 5.69 Å². The van der Waals surface area contributed by atoms with Crippen molar-refractivity contribution < 1.29 is 9.13 Å². The van der Waals surface area contributed by atoms with Gasteiger partial charge in [0.2, 0.25) is 0 Å². The van der Waals surface area contributed by atoms with E-state index in [1.54, 1.807) is 10.9 Å². The molecule has 3 heterocycles. The number of alkyl halides is 1. The quantitative estimate of drug-likeness (QED) is 0.874. The van der Waals surface area contributed by atoms with Crippen LogP contribution in [0.5, 0.6) is 0 Å². The molecule has 1 aromatic heterocycles. The molecule has 0 radical (unpaired) electrons. The lowest BCUT2D eigenvalue weighted by Gasteiger charge is -2.47. The first kappa shape index (κ1) is 12.9. The average Bonchev–Trinajstić information content (AvgIpc) is 2.65. The molecule has 0 aliphatic carbocycles. The van der Waals surface area contributed by atoms with E-state index in [0.29, 0.717) is 11.7 Å². The largest absolute Gasteiger partial charge is 0.396 e. The van der Waals surface area contributed by atoms with Gasteiger partial charge in [0.1, 0.15) is 6.17 Å². The number of piperidine rings is 1. The summed E-state index contributed by atoms with van der Waals surface area (Å²) in [5.74, 6) is 0. The summed E-state index contributed by atoms with van der Waals surface area (Å²) < 4.78 is 21.7. The van der Waals surface area contributed by atoms with Crippen LogP contribution in [0.1, 0.15) is 25.1 Å². The molecule has 1 unspecified atom stereocenters. The third-order valence-electron chi connectivity index (χ3n) is 4.52. The highest BCUT2D eigenvalue weighted by Crippen LogP contribution is 2.33. The van der Waals surface area contributed by atoms with Gasteiger partial charge in [-0.15, -0.1) is 0 Å². The van der Waals surface area contributed by atoms with Crippen LogP contribution >= 0.6 is 0 Å². The molecular weight excluding hydrogens is 247 g/mol. The van der Waals surface area contributed by atoms with E-state index in [4.69, 9.17) is 10.5 Å². The number of ether oxygens (including phenoxy) is 1. The number of hydrogen-bond donors (Lipinski definition) is 1. The standard InChI is InChI=1S/C13H21FN4O/c1-8-11(15)5-16-18(8)12-3-4-17(9(2)13(12)14)10-6-19-7-10/h5,9-10,12-13H,3-4,6-7,15H2,1-2H3/t9?,12-,13-/m1/s1. The minimum Gasteiger partial charge on any atom is -0.396 e. The molecular formula is C13H21FN4O. The van der Waals surface area contributed by atoms with E-state index >= 15 is 0 Å². The molecule has 19 heavy (non-hydrogen) atoms. The van der Waals surface area contributed by atoms with Crippen LogP contribution < -0.4 is 5.73 Å². The highest BCUT2D eigenvalue weighted by molar-refractivity contribution is 5.40. The topological polar surface area (TPSA) is 56.3 Å². The second-order valence-corrected chi connectivity index (χ2v) is 5.60. The first-order chi connectivity index (χ1) is 9.09. The van der Waals surface area contributed by atoms with Crippen LogP contribution in [-0.4, -0.2) is 52.7 Å². The number of halogens is 1. The smallest absolute Gasteiger partial charge is 0.138 e. The number of likely N-dealkylation sites (tertiary alicyclic amines) is 1. The van der Waals surface area contributed by atoms with E-state index in [1.807, 2.05) is 13.8 Å². The van der Waals surface area contributed by atoms with Crippen molar-refractivity contribution in [3.63, 3.8) is 0 Å². The Morgan fingerprint density at radius 3 is 2.74 bits per heavy atom. The van der Waals surface area contributed by atoms with Crippen molar-refractivity contribution in [2.75, 3.05) is 25.5 Å². The van der Waals surface area contributed by atoms with Gasteiger partial charge in [-0.1, -0.05) is 0 Å². The van der Waals surface area contributed by atoms with Gasteiger partial charge in [0, 0.05) is 12.6 Å². The minimum absolute atomic E-state index is 0.0996. The number of nitrogens with zero attached hydrogens (tertiary/aromatic N) is 3. The van der Waals surface area contributed by atoms with Gasteiger partial charge >= 0.3 is 0 Å². The molecule has 106 valence electrons. The van der Waals surface area contributed by atoms with E-state index in [1.165, 1.54) is 0 Å². The van der Waals surface area contributed by atoms with Crippen LogP contribution in [0.3, 0.4) is 0 Å². The Bertz CT molecular complexity index is 459. The van der Waals surface area contributed by atoms with Gasteiger partial charge in [0.25, 0.3) is 0 Å². The van der Waals surface area contributed by atoms with Crippen LogP contribution in [0.4, 0.5) is 10.1 Å². The summed E-state index contributed by atoms with van der Waals surface area (Å²) in [6, 6.07) is 0.0833. The molecule has 6 heteroatoms. The van der Waals surface area contributed by atoms with Crippen LogP contribution in [-0.2, 0) is 4.74 Å². The third-order valence-corrected chi connectivity index (χ3v) is 4.52. The van der Waals surface area contributed by atoms with E-state index in [9.17, 15) is 4.39 Å². The Kier molecular flexibility index (Phi) is 3.22. The molecule has 0 bridgehead atoms. The molecule has 3 rings (SSSR count). The predicted octanol–water partition coefficient (Wildman–Crippen LogP) is 1.15. The molecule has 3 atom stereocenters. The van der Waals surface area contributed by atoms with Crippen LogP contribution in [0.25, 0.3) is 0 Å². The number of anilines is 1. The van der Waals surface area contributed by atoms with Gasteiger partial charge in [-0.2, -0.15) is 5.10 Å². The van der Waals surface area contributed by atoms with Crippen LogP contribution in [0.15, 0.2) is 6.20 Å². The van der Waals surface area contributed by atoms with E-state index in [-0.39, 0.29) is 12.1 Å². The fourth-order valence-electron chi connectivity index (χ4n) is 3.11. The number of hydrogen-bond acceptors (Lipinski definition) is 4. The summed E-state index contributed by atoms with van der Waals surface area (Å²) >= 11 is 0. The van der Waals surface area contributed by atoms with Crippen molar-refractivity contribution in [3.8, 4) is 0 Å². The molecule has 0 amide bonds. The van der Waals surface area contributed by atoms with Gasteiger partial charge in [0.05, 0.1) is 42.9 Å². The fraction of sp³-hybridized carbons (Fsp3) is 0.769. The lowest BCUT2D eigenvalue weighted by atomic mass is 9.94. The summed E-state index contributed by atoms with van der Waals surface area (Å²) in [5, 5.41) is 4.24. The van der Waals surface area contributed by atoms with E-state index in [0.717, 1.165) is 31.9 Å².